The van der Waals surface area contributed by atoms with Crippen LogP contribution in [0.4, 0.5) is 4.79 Å². The van der Waals surface area contributed by atoms with Crippen molar-refractivity contribution < 1.29 is 17.9 Å². The molecule has 1 N–H and O–H groups in total. The van der Waals surface area contributed by atoms with Gasteiger partial charge in [-0.1, -0.05) is 22.5 Å². The molecule has 1 aliphatic carbocycles. The van der Waals surface area contributed by atoms with Crippen LogP contribution < -0.4 is 10.9 Å². The molecule has 1 saturated carbocycles. The van der Waals surface area contributed by atoms with Crippen LogP contribution in [0.25, 0.3) is 10.8 Å². The van der Waals surface area contributed by atoms with Gasteiger partial charge in [0.15, 0.2) is 0 Å². The smallest absolute Gasteiger partial charge is 0.412 e. The van der Waals surface area contributed by atoms with E-state index in [0.717, 1.165) is 12.8 Å². The minimum atomic E-state index is -3.84. The van der Waals surface area contributed by atoms with Gasteiger partial charge in [0, 0.05) is 47.1 Å². The number of sulfonamides is 1. The number of ether oxygens (including phenoxy) is 1. The molecule has 2 fully saturated rings. The van der Waals surface area contributed by atoms with Gasteiger partial charge in [-0.15, -0.1) is 0 Å². The fourth-order valence-corrected chi connectivity index (χ4v) is 6.02. The van der Waals surface area contributed by atoms with Crippen molar-refractivity contribution in [2.45, 2.75) is 50.1 Å². The standard InChI is InChI=1S/C22H26BrN3O5S/c1-14(2)31-22(28)24-17-7-9-26(10-8-17)32(29,30)20-13-25(12-15-3-4-15)21(27)18-6-5-16(23)11-19(18)20/h5-6,11,13,15,17H,1,3-4,7-10,12H2,2H3,(H,24,28). The zero-order valence-electron chi connectivity index (χ0n) is 17.8. The Kier molecular flexibility index (Phi) is 6.46. The molecular formula is C22H26BrN3O5S. The maximum absolute atomic E-state index is 13.6. The van der Waals surface area contributed by atoms with Gasteiger partial charge >= 0.3 is 6.09 Å². The summed E-state index contributed by atoms with van der Waals surface area (Å²) in [5.41, 5.74) is -0.169. The number of fused-ring (bicyclic) bond motifs is 1. The normalized spacial score (nSPS) is 17.9. The van der Waals surface area contributed by atoms with Crippen molar-refractivity contribution in [2.75, 3.05) is 13.1 Å². The van der Waals surface area contributed by atoms with Crippen LogP contribution >= 0.6 is 15.9 Å². The average Bonchev–Trinajstić information content (AvgIpc) is 3.53. The third-order valence-corrected chi connectivity index (χ3v) is 8.24. The van der Waals surface area contributed by atoms with Crippen LogP contribution in [0.1, 0.15) is 32.6 Å². The van der Waals surface area contributed by atoms with E-state index >= 15 is 0 Å². The third-order valence-electron chi connectivity index (χ3n) is 5.82. The number of allylic oxidation sites excluding steroid dienone is 1. The van der Waals surface area contributed by atoms with E-state index in [2.05, 4.69) is 27.8 Å². The molecule has 10 heteroatoms. The van der Waals surface area contributed by atoms with Gasteiger partial charge in [-0.2, -0.15) is 4.31 Å². The first-order chi connectivity index (χ1) is 15.1. The minimum Gasteiger partial charge on any atom is -0.416 e. The number of aromatic nitrogens is 1. The van der Waals surface area contributed by atoms with Crippen molar-refractivity contribution in [3.05, 3.63) is 51.6 Å². The number of halogens is 1. The van der Waals surface area contributed by atoms with Crippen LogP contribution in [-0.4, -0.2) is 42.5 Å². The molecular weight excluding hydrogens is 498 g/mol. The monoisotopic (exact) mass is 523 g/mol. The SMILES string of the molecule is C=C(C)OC(=O)NC1CCN(S(=O)(=O)c2cn(CC3CC3)c(=O)c3ccc(Br)cc23)CC1. The van der Waals surface area contributed by atoms with Crippen molar-refractivity contribution in [2.24, 2.45) is 5.92 Å². The van der Waals surface area contributed by atoms with E-state index in [9.17, 15) is 18.0 Å². The van der Waals surface area contributed by atoms with Crippen molar-refractivity contribution in [1.82, 2.24) is 14.2 Å². The Morgan fingerprint density at radius 1 is 1.22 bits per heavy atom. The van der Waals surface area contributed by atoms with Gasteiger partial charge in [0.1, 0.15) is 4.90 Å². The Bertz CT molecular complexity index is 1230. The van der Waals surface area contributed by atoms with Crippen molar-refractivity contribution in [3.8, 4) is 0 Å². The lowest BCUT2D eigenvalue weighted by atomic mass is 10.1. The van der Waals surface area contributed by atoms with Crippen molar-refractivity contribution >= 4 is 42.8 Å². The number of alkyl carbamates (subject to hydrolysis) is 1. The molecule has 0 atom stereocenters. The molecule has 1 aliphatic heterocycles. The minimum absolute atomic E-state index is 0.141. The molecule has 0 bridgehead atoms. The first kappa shape index (κ1) is 23.0. The number of pyridine rings is 1. The summed E-state index contributed by atoms with van der Waals surface area (Å²) in [5, 5.41) is 3.56. The van der Waals surface area contributed by atoms with Crippen LogP contribution in [0.5, 0.6) is 0 Å². The van der Waals surface area contributed by atoms with Gasteiger partial charge < -0.3 is 14.6 Å². The third kappa shape index (κ3) is 4.92. The van der Waals surface area contributed by atoms with Gasteiger partial charge in [0.05, 0.1) is 5.76 Å². The summed E-state index contributed by atoms with van der Waals surface area (Å²) in [6.45, 7) is 6.17. The highest BCUT2D eigenvalue weighted by Gasteiger charge is 2.33. The first-order valence-corrected chi connectivity index (χ1v) is 12.8. The van der Waals surface area contributed by atoms with Gasteiger partial charge in [0.2, 0.25) is 10.0 Å². The summed E-state index contributed by atoms with van der Waals surface area (Å²) < 4.78 is 35.9. The van der Waals surface area contributed by atoms with E-state index in [-0.39, 0.29) is 29.6 Å². The highest BCUT2D eigenvalue weighted by Crippen LogP contribution is 2.32. The van der Waals surface area contributed by atoms with E-state index in [1.165, 1.54) is 10.5 Å². The van der Waals surface area contributed by atoms with E-state index in [4.69, 9.17) is 4.74 Å². The second kappa shape index (κ2) is 8.99. The Morgan fingerprint density at radius 3 is 2.53 bits per heavy atom. The van der Waals surface area contributed by atoms with Crippen LogP contribution in [0.15, 0.2) is 50.9 Å². The number of hydrogen-bond donors (Lipinski definition) is 1. The van der Waals surface area contributed by atoms with E-state index in [0.29, 0.717) is 46.3 Å². The molecule has 0 radical (unpaired) electrons. The summed E-state index contributed by atoms with van der Waals surface area (Å²) in [6.07, 6.45) is 3.96. The Labute approximate surface area is 195 Å². The molecule has 32 heavy (non-hydrogen) atoms. The van der Waals surface area contributed by atoms with Crippen LogP contribution in [-0.2, 0) is 21.3 Å². The van der Waals surface area contributed by atoms with Crippen LogP contribution in [0, 0.1) is 5.92 Å². The highest BCUT2D eigenvalue weighted by atomic mass is 79.9. The number of rotatable bonds is 6. The number of nitrogens with zero attached hydrogens (tertiary/aromatic N) is 2. The largest absolute Gasteiger partial charge is 0.416 e. The molecule has 1 amide bonds. The summed E-state index contributed by atoms with van der Waals surface area (Å²) in [6, 6.07) is 4.94. The molecule has 4 rings (SSSR count). The maximum Gasteiger partial charge on any atom is 0.412 e. The molecule has 1 saturated heterocycles. The summed E-state index contributed by atoms with van der Waals surface area (Å²) in [5.74, 6) is 0.721. The number of amides is 1. The number of piperidine rings is 1. The van der Waals surface area contributed by atoms with Gasteiger partial charge in [-0.25, -0.2) is 13.2 Å². The summed E-state index contributed by atoms with van der Waals surface area (Å²) in [7, 11) is -3.84. The fraction of sp³-hybridized carbons (Fsp3) is 0.455. The highest BCUT2D eigenvalue weighted by molar-refractivity contribution is 9.10. The second-order valence-corrected chi connectivity index (χ2v) is 11.3. The molecule has 0 spiro atoms. The topological polar surface area (TPSA) is 97.7 Å². The van der Waals surface area contributed by atoms with Crippen molar-refractivity contribution in [3.63, 3.8) is 0 Å². The lowest BCUT2D eigenvalue weighted by molar-refractivity contribution is 0.166. The van der Waals surface area contributed by atoms with Gasteiger partial charge in [0.25, 0.3) is 5.56 Å². The maximum atomic E-state index is 13.6. The summed E-state index contributed by atoms with van der Waals surface area (Å²) in [4.78, 5) is 24.9. The van der Waals surface area contributed by atoms with Gasteiger partial charge in [-0.3, -0.25) is 4.79 Å². The number of carbonyl (C=O) groups is 1. The molecule has 8 nitrogen and oxygen atoms in total. The van der Waals surface area contributed by atoms with Gasteiger partial charge in [-0.05, 0) is 56.7 Å². The molecule has 172 valence electrons. The molecule has 2 aliphatic rings. The van der Waals surface area contributed by atoms with E-state index in [1.807, 2.05) is 0 Å². The first-order valence-electron chi connectivity index (χ1n) is 10.6. The predicted octanol–water partition coefficient (Wildman–Crippen LogP) is 3.59. The number of carbonyl (C=O) groups excluding carboxylic acids is 1. The molecule has 2 heterocycles. The lowest BCUT2D eigenvalue weighted by Crippen LogP contribution is -2.46. The molecule has 1 aromatic heterocycles. The average molecular weight is 524 g/mol. The second-order valence-electron chi connectivity index (χ2n) is 8.50. The zero-order chi connectivity index (χ0) is 23.0. The molecule has 2 aromatic rings. The van der Waals surface area contributed by atoms with E-state index in [1.54, 1.807) is 29.7 Å². The quantitative estimate of drug-likeness (QED) is 0.583. The van der Waals surface area contributed by atoms with Crippen LogP contribution in [0.2, 0.25) is 0 Å². The summed E-state index contributed by atoms with van der Waals surface area (Å²) >= 11 is 3.39. The van der Waals surface area contributed by atoms with E-state index < -0.39 is 16.1 Å². The molecule has 1 aromatic carbocycles. The lowest BCUT2D eigenvalue weighted by Gasteiger charge is -2.31. The number of hydrogen-bond acceptors (Lipinski definition) is 5. The number of benzene rings is 1. The number of nitrogens with one attached hydrogen (secondary N) is 1. The fourth-order valence-electron chi connectivity index (χ4n) is 3.98. The molecule has 0 unspecified atom stereocenters. The Hall–Kier alpha value is -2.17. The van der Waals surface area contributed by atoms with Crippen LogP contribution in [0.3, 0.4) is 0 Å². The van der Waals surface area contributed by atoms with Crippen molar-refractivity contribution in [1.29, 1.82) is 0 Å². The zero-order valence-corrected chi connectivity index (χ0v) is 20.2. The Balaban J connectivity index is 1.61. The predicted molar refractivity (Wildman–Crippen MR) is 125 cm³/mol. The Morgan fingerprint density at radius 2 is 1.91 bits per heavy atom.